The van der Waals surface area contributed by atoms with Crippen LogP contribution in [0.5, 0.6) is 0 Å². The van der Waals surface area contributed by atoms with E-state index in [1.165, 1.54) is 0 Å². The molecule has 2 aromatic rings. The minimum Gasteiger partial charge on any atom is -0.399 e. The van der Waals surface area contributed by atoms with Crippen LogP contribution >= 0.6 is 0 Å². The number of anilines is 3. The summed E-state index contributed by atoms with van der Waals surface area (Å²) in [4.78, 5) is 15.6. The van der Waals surface area contributed by atoms with Crippen LogP contribution in [-0.2, 0) is 0 Å². The zero-order chi connectivity index (χ0) is 13.0. The fourth-order valence-corrected chi connectivity index (χ4v) is 1.62. The predicted molar refractivity (Wildman–Crippen MR) is 72.5 cm³/mol. The second-order valence-corrected chi connectivity index (χ2v) is 3.95. The van der Waals surface area contributed by atoms with E-state index in [-0.39, 0.29) is 6.03 Å². The predicted octanol–water partition coefficient (Wildman–Crippen LogP) is 2.62. The Hall–Kier alpha value is -2.56. The lowest BCUT2D eigenvalue weighted by Crippen LogP contribution is -2.19. The van der Waals surface area contributed by atoms with E-state index in [1.807, 2.05) is 19.1 Å². The van der Waals surface area contributed by atoms with E-state index < -0.39 is 0 Å². The van der Waals surface area contributed by atoms with Gasteiger partial charge in [0.25, 0.3) is 0 Å². The van der Waals surface area contributed by atoms with Crippen LogP contribution in [0.4, 0.5) is 21.9 Å². The number of hydrogen-bond acceptors (Lipinski definition) is 3. The molecule has 0 saturated heterocycles. The van der Waals surface area contributed by atoms with Gasteiger partial charge in [-0.1, -0.05) is 0 Å². The van der Waals surface area contributed by atoms with E-state index >= 15 is 0 Å². The summed E-state index contributed by atoms with van der Waals surface area (Å²) in [5, 5.41) is 5.39. The summed E-state index contributed by atoms with van der Waals surface area (Å²) in [6.07, 6.45) is 3.22. The Morgan fingerprint density at radius 3 is 2.67 bits per heavy atom. The number of carbonyl (C=O) groups is 1. The first-order chi connectivity index (χ1) is 8.63. The van der Waals surface area contributed by atoms with Crippen molar-refractivity contribution in [3.05, 3.63) is 48.3 Å². The molecule has 0 radical (unpaired) electrons. The topological polar surface area (TPSA) is 80.0 Å². The number of hydrogen-bond donors (Lipinski definition) is 3. The highest BCUT2D eigenvalue weighted by molar-refractivity contribution is 5.99. The van der Waals surface area contributed by atoms with Crippen LogP contribution in [0.2, 0.25) is 0 Å². The second kappa shape index (κ2) is 5.18. The van der Waals surface area contributed by atoms with E-state index in [9.17, 15) is 4.79 Å². The Morgan fingerprint density at radius 1 is 1.22 bits per heavy atom. The van der Waals surface area contributed by atoms with Crippen molar-refractivity contribution >= 4 is 23.1 Å². The summed E-state index contributed by atoms with van der Waals surface area (Å²) in [6, 6.07) is 8.57. The number of nitrogens with one attached hydrogen (secondary N) is 2. The molecule has 0 aliphatic rings. The van der Waals surface area contributed by atoms with Gasteiger partial charge in [0.05, 0.1) is 11.9 Å². The van der Waals surface area contributed by atoms with Crippen molar-refractivity contribution in [3.63, 3.8) is 0 Å². The second-order valence-electron chi connectivity index (χ2n) is 3.95. The van der Waals surface area contributed by atoms with Gasteiger partial charge in [-0.05, 0) is 42.8 Å². The molecule has 18 heavy (non-hydrogen) atoms. The van der Waals surface area contributed by atoms with Gasteiger partial charge in [-0.2, -0.15) is 0 Å². The molecule has 0 atom stereocenters. The van der Waals surface area contributed by atoms with Gasteiger partial charge >= 0.3 is 6.03 Å². The summed E-state index contributed by atoms with van der Waals surface area (Å²) < 4.78 is 0. The summed E-state index contributed by atoms with van der Waals surface area (Å²) in [6.45, 7) is 1.92. The number of amides is 2. The van der Waals surface area contributed by atoms with Crippen LogP contribution in [0.1, 0.15) is 5.56 Å². The van der Waals surface area contributed by atoms with Gasteiger partial charge in [-0.3, -0.25) is 4.98 Å². The van der Waals surface area contributed by atoms with Gasteiger partial charge in [0.1, 0.15) is 0 Å². The van der Waals surface area contributed by atoms with Crippen molar-refractivity contribution in [1.82, 2.24) is 4.98 Å². The number of pyridine rings is 1. The fourth-order valence-electron chi connectivity index (χ4n) is 1.62. The minimum atomic E-state index is -0.326. The summed E-state index contributed by atoms with van der Waals surface area (Å²) in [5.41, 5.74) is 8.61. The van der Waals surface area contributed by atoms with Gasteiger partial charge in [-0.15, -0.1) is 0 Å². The van der Waals surface area contributed by atoms with Crippen molar-refractivity contribution in [2.24, 2.45) is 0 Å². The summed E-state index contributed by atoms with van der Waals surface area (Å²) >= 11 is 0. The van der Waals surface area contributed by atoms with Gasteiger partial charge in [0.2, 0.25) is 0 Å². The van der Waals surface area contributed by atoms with E-state index in [1.54, 1.807) is 30.6 Å². The number of aryl methyl sites for hydroxylation is 1. The molecule has 0 fully saturated rings. The Labute approximate surface area is 105 Å². The number of nitrogen functional groups attached to an aromatic ring is 1. The first-order valence-electron chi connectivity index (χ1n) is 5.49. The molecule has 4 N–H and O–H groups in total. The smallest absolute Gasteiger partial charge is 0.323 e. The number of urea groups is 1. The van der Waals surface area contributed by atoms with Crippen molar-refractivity contribution in [2.75, 3.05) is 16.4 Å². The largest absolute Gasteiger partial charge is 0.399 e. The maximum atomic E-state index is 11.7. The van der Waals surface area contributed by atoms with E-state index in [2.05, 4.69) is 15.6 Å². The third kappa shape index (κ3) is 3.21. The van der Waals surface area contributed by atoms with Gasteiger partial charge in [-0.25, -0.2) is 4.79 Å². The molecule has 0 bridgehead atoms. The highest BCUT2D eigenvalue weighted by Crippen LogP contribution is 2.16. The van der Waals surface area contributed by atoms with Crippen LogP contribution < -0.4 is 16.4 Å². The van der Waals surface area contributed by atoms with Crippen LogP contribution in [-0.4, -0.2) is 11.0 Å². The van der Waals surface area contributed by atoms with Crippen LogP contribution in [0.3, 0.4) is 0 Å². The van der Waals surface area contributed by atoms with Gasteiger partial charge < -0.3 is 16.4 Å². The molecule has 2 rings (SSSR count). The molecule has 0 saturated carbocycles. The van der Waals surface area contributed by atoms with Crippen molar-refractivity contribution in [1.29, 1.82) is 0 Å². The van der Waals surface area contributed by atoms with Gasteiger partial charge in [0, 0.05) is 17.6 Å². The zero-order valence-corrected chi connectivity index (χ0v) is 9.97. The Morgan fingerprint density at radius 2 is 2.00 bits per heavy atom. The average molecular weight is 242 g/mol. The molecule has 0 aliphatic heterocycles. The first kappa shape index (κ1) is 11.9. The van der Waals surface area contributed by atoms with Crippen molar-refractivity contribution < 1.29 is 4.79 Å². The minimum absolute atomic E-state index is 0.326. The Bertz CT molecular complexity index is 534. The third-order valence-corrected chi connectivity index (χ3v) is 2.28. The molecular formula is C13H14N4O. The fraction of sp³-hybridized carbons (Fsp3) is 0.0769. The normalized spacial score (nSPS) is 9.83. The molecule has 1 aromatic heterocycles. The standard InChI is InChI=1S/C13H14N4O/c1-9-5-10(14)7-12(6-9)17-13(18)16-11-3-2-4-15-8-11/h2-8H,14H2,1H3,(H2,16,17,18). The molecule has 5 nitrogen and oxygen atoms in total. The monoisotopic (exact) mass is 242 g/mol. The highest BCUT2D eigenvalue weighted by atomic mass is 16.2. The first-order valence-corrected chi connectivity index (χ1v) is 5.49. The van der Waals surface area contributed by atoms with E-state index in [0.717, 1.165) is 5.56 Å². The molecule has 5 heteroatoms. The summed E-state index contributed by atoms with van der Waals surface area (Å²) in [5.74, 6) is 0. The van der Waals surface area contributed by atoms with Crippen LogP contribution in [0.25, 0.3) is 0 Å². The molecule has 92 valence electrons. The lowest BCUT2D eigenvalue weighted by molar-refractivity contribution is 0.262. The molecule has 0 spiro atoms. The lowest BCUT2D eigenvalue weighted by Gasteiger charge is -2.08. The number of aromatic nitrogens is 1. The number of nitrogens with two attached hydrogens (primary N) is 1. The summed E-state index contributed by atoms with van der Waals surface area (Å²) in [7, 11) is 0. The SMILES string of the molecule is Cc1cc(N)cc(NC(=O)Nc2cccnc2)c1. The molecule has 1 aromatic carbocycles. The lowest BCUT2D eigenvalue weighted by atomic mass is 10.2. The number of nitrogens with zero attached hydrogens (tertiary/aromatic N) is 1. The van der Waals surface area contributed by atoms with E-state index in [0.29, 0.717) is 17.1 Å². The van der Waals surface area contributed by atoms with Crippen molar-refractivity contribution in [2.45, 2.75) is 6.92 Å². The zero-order valence-electron chi connectivity index (χ0n) is 9.97. The molecule has 2 amide bonds. The maximum absolute atomic E-state index is 11.7. The average Bonchev–Trinajstić information content (AvgIpc) is 2.28. The molecular weight excluding hydrogens is 228 g/mol. The van der Waals surface area contributed by atoms with Gasteiger partial charge in [0.15, 0.2) is 0 Å². The maximum Gasteiger partial charge on any atom is 0.323 e. The number of benzene rings is 1. The quantitative estimate of drug-likeness (QED) is 0.708. The molecule has 0 aliphatic carbocycles. The van der Waals surface area contributed by atoms with Crippen LogP contribution in [0.15, 0.2) is 42.7 Å². The third-order valence-electron chi connectivity index (χ3n) is 2.28. The number of carbonyl (C=O) groups excluding carboxylic acids is 1. The Kier molecular flexibility index (Phi) is 3.43. The highest BCUT2D eigenvalue weighted by Gasteiger charge is 2.03. The van der Waals surface area contributed by atoms with Crippen molar-refractivity contribution in [3.8, 4) is 0 Å². The van der Waals surface area contributed by atoms with Crippen LogP contribution in [0, 0.1) is 6.92 Å². The number of rotatable bonds is 2. The molecule has 1 heterocycles. The Balaban J connectivity index is 2.03. The molecule has 0 unspecified atom stereocenters. The van der Waals surface area contributed by atoms with E-state index in [4.69, 9.17) is 5.73 Å².